The number of aromatic nitrogens is 2. The predicted molar refractivity (Wildman–Crippen MR) is 80.7 cm³/mol. The Morgan fingerprint density at radius 1 is 1.37 bits per heavy atom. The van der Waals surface area contributed by atoms with Crippen LogP contribution in [-0.2, 0) is 13.6 Å². The molecule has 0 atom stereocenters. The molecule has 1 heterocycles. The second-order valence-corrected chi connectivity index (χ2v) is 5.32. The summed E-state index contributed by atoms with van der Waals surface area (Å²) in [5.41, 5.74) is 4.30. The molecule has 4 nitrogen and oxygen atoms in total. The lowest BCUT2D eigenvalue weighted by atomic mass is 10.2. The lowest BCUT2D eigenvalue weighted by Gasteiger charge is -2.12. The van der Waals surface area contributed by atoms with E-state index in [0.29, 0.717) is 6.54 Å². The third-order valence-electron chi connectivity index (χ3n) is 3.06. The first-order chi connectivity index (χ1) is 9.02. The summed E-state index contributed by atoms with van der Waals surface area (Å²) in [4.78, 5) is 0. The van der Waals surface area contributed by atoms with Gasteiger partial charge in [-0.2, -0.15) is 5.10 Å². The van der Waals surface area contributed by atoms with Crippen LogP contribution in [0.15, 0.2) is 22.7 Å². The maximum Gasteiger partial charge on any atom is 0.141 e. The van der Waals surface area contributed by atoms with Crippen molar-refractivity contribution < 1.29 is 4.74 Å². The topological polar surface area (TPSA) is 39.1 Å². The predicted octanol–water partition coefficient (Wildman–Crippen LogP) is 3.42. The minimum absolute atomic E-state index is 0.692. The van der Waals surface area contributed by atoms with Gasteiger partial charge in [0, 0.05) is 7.05 Å². The van der Waals surface area contributed by atoms with E-state index in [1.54, 1.807) is 7.11 Å². The van der Waals surface area contributed by atoms with E-state index in [2.05, 4.69) is 39.3 Å². The van der Waals surface area contributed by atoms with Crippen LogP contribution in [0.1, 0.15) is 17.0 Å². The average molecular weight is 324 g/mol. The van der Waals surface area contributed by atoms with Crippen LogP contribution in [0.3, 0.4) is 0 Å². The monoisotopic (exact) mass is 323 g/mol. The van der Waals surface area contributed by atoms with Crippen molar-refractivity contribution in [3.63, 3.8) is 0 Å². The summed E-state index contributed by atoms with van der Waals surface area (Å²) < 4.78 is 8.29. The van der Waals surface area contributed by atoms with Crippen LogP contribution in [0.4, 0.5) is 5.69 Å². The number of hydrogen-bond donors (Lipinski definition) is 1. The van der Waals surface area contributed by atoms with Crippen LogP contribution in [0.25, 0.3) is 0 Å². The lowest BCUT2D eigenvalue weighted by Crippen LogP contribution is -2.07. The van der Waals surface area contributed by atoms with E-state index in [1.807, 2.05) is 30.8 Å². The largest absolute Gasteiger partial charge is 0.495 e. The van der Waals surface area contributed by atoms with Gasteiger partial charge in [-0.1, -0.05) is 6.07 Å². The molecule has 2 aromatic rings. The Morgan fingerprint density at radius 2 is 2.11 bits per heavy atom. The van der Waals surface area contributed by atoms with Crippen LogP contribution >= 0.6 is 15.9 Å². The van der Waals surface area contributed by atoms with Crippen molar-refractivity contribution >= 4 is 21.6 Å². The highest BCUT2D eigenvalue weighted by molar-refractivity contribution is 9.10. The standard InChI is InChI=1S/C14H18BrN3O/c1-9-5-6-13(19-4)11(7-9)16-8-12-14(15)10(2)17-18(12)3/h5-7,16H,8H2,1-4H3. The van der Waals surface area contributed by atoms with Crippen molar-refractivity contribution in [1.82, 2.24) is 9.78 Å². The lowest BCUT2D eigenvalue weighted by molar-refractivity contribution is 0.416. The van der Waals surface area contributed by atoms with E-state index < -0.39 is 0 Å². The number of nitrogens with one attached hydrogen (secondary N) is 1. The molecule has 0 saturated heterocycles. The minimum atomic E-state index is 0.692. The quantitative estimate of drug-likeness (QED) is 0.937. The Hall–Kier alpha value is -1.49. The van der Waals surface area contributed by atoms with Gasteiger partial charge < -0.3 is 10.1 Å². The number of benzene rings is 1. The van der Waals surface area contributed by atoms with Gasteiger partial charge in [-0.05, 0) is 47.5 Å². The van der Waals surface area contributed by atoms with Gasteiger partial charge >= 0.3 is 0 Å². The molecule has 0 aliphatic heterocycles. The van der Waals surface area contributed by atoms with Crippen molar-refractivity contribution in [1.29, 1.82) is 0 Å². The molecule has 0 saturated carbocycles. The summed E-state index contributed by atoms with van der Waals surface area (Å²) in [6.45, 7) is 4.74. The van der Waals surface area contributed by atoms with Gasteiger partial charge in [0.2, 0.25) is 0 Å². The first kappa shape index (κ1) is 13.9. The molecule has 1 N–H and O–H groups in total. The molecule has 1 aromatic heterocycles. The van der Waals surface area contributed by atoms with Gasteiger partial charge in [-0.25, -0.2) is 0 Å². The van der Waals surface area contributed by atoms with Gasteiger partial charge in [-0.3, -0.25) is 4.68 Å². The highest BCUT2D eigenvalue weighted by Gasteiger charge is 2.11. The summed E-state index contributed by atoms with van der Waals surface area (Å²) in [6.07, 6.45) is 0. The van der Waals surface area contributed by atoms with Crippen LogP contribution in [0.5, 0.6) is 5.75 Å². The molecule has 0 aliphatic carbocycles. The smallest absolute Gasteiger partial charge is 0.141 e. The van der Waals surface area contributed by atoms with Gasteiger partial charge in [0.1, 0.15) is 5.75 Å². The zero-order valence-corrected chi connectivity index (χ0v) is 13.2. The van der Waals surface area contributed by atoms with E-state index in [1.165, 1.54) is 5.56 Å². The third-order valence-corrected chi connectivity index (χ3v) is 4.09. The highest BCUT2D eigenvalue weighted by Crippen LogP contribution is 2.27. The van der Waals surface area contributed by atoms with Crippen molar-refractivity contribution in [3.8, 4) is 5.75 Å². The molecule has 0 radical (unpaired) electrons. The van der Waals surface area contributed by atoms with Gasteiger partial charge in [0.15, 0.2) is 0 Å². The summed E-state index contributed by atoms with van der Waals surface area (Å²) >= 11 is 3.57. The second kappa shape index (κ2) is 5.65. The molecule has 2 rings (SSSR count). The van der Waals surface area contributed by atoms with E-state index >= 15 is 0 Å². The van der Waals surface area contributed by atoms with Crippen molar-refractivity contribution in [2.75, 3.05) is 12.4 Å². The first-order valence-electron chi connectivity index (χ1n) is 6.09. The zero-order valence-electron chi connectivity index (χ0n) is 11.6. The maximum atomic E-state index is 5.36. The first-order valence-corrected chi connectivity index (χ1v) is 6.88. The Balaban J connectivity index is 2.21. The van der Waals surface area contributed by atoms with E-state index in [4.69, 9.17) is 4.74 Å². The number of hydrogen-bond acceptors (Lipinski definition) is 3. The van der Waals surface area contributed by atoms with Crippen LogP contribution in [0.2, 0.25) is 0 Å². The Labute approximate surface area is 121 Å². The zero-order chi connectivity index (χ0) is 14.0. The number of anilines is 1. The summed E-state index contributed by atoms with van der Waals surface area (Å²) in [5.74, 6) is 0.848. The van der Waals surface area contributed by atoms with Gasteiger partial charge in [-0.15, -0.1) is 0 Å². The average Bonchev–Trinajstić information content (AvgIpc) is 2.61. The second-order valence-electron chi connectivity index (χ2n) is 4.53. The summed E-state index contributed by atoms with van der Waals surface area (Å²) in [5, 5.41) is 7.78. The number of rotatable bonds is 4. The Bertz CT molecular complexity index is 593. The maximum absolute atomic E-state index is 5.36. The Kier molecular flexibility index (Phi) is 4.14. The SMILES string of the molecule is COc1ccc(C)cc1NCc1c(Br)c(C)nn1C. The molecule has 5 heteroatoms. The molecule has 0 aliphatic rings. The van der Waals surface area contributed by atoms with Crippen LogP contribution < -0.4 is 10.1 Å². The summed E-state index contributed by atoms with van der Waals surface area (Å²) in [6, 6.07) is 6.09. The number of aryl methyl sites for hydroxylation is 3. The van der Waals surface area contributed by atoms with E-state index in [9.17, 15) is 0 Å². The van der Waals surface area contributed by atoms with E-state index in [-0.39, 0.29) is 0 Å². The minimum Gasteiger partial charge on any atom is -0.495 e. The van der Waals surface area contributed by atoms with Crippen molar-refractivity contribution in [2.24, 2.45) is 7.05 Å². The fraction of sp³-hybridized carbons (Fsp3) is 0.357. The molecule has 0 unspecified atom stereocenters. The van der Waals surface area contributed by atoms with E-state index in [0.717, 1.165) is 27.3 Å². The number of halogens is 1. The molecule has 0 bridgehead atoms. The van der Waals surface area contributed by atoms with Crippen LogP contribution in [0, 0.1) is 13.8 Å². The molecule has 102 valence electrons. The van der Waals surface area contributed by atoms with Crippen molar-refractivity contribution in [3.05, 3.63) is 39.6 Å². The molecule has 0 spiro atoms. The Morgan fingerprint density at radius 3 is 2.68 bits per heavy atom. The van der Waals surface area contributed by atoms with Gasteiger partial charge in [0.25, 0.3) is 0 Å². The van der Waals surface area contributed by atoms with Gasteiger partial charge in [0.05, 0.1) is 35.2 Å². The number of nitrogens with zero attached hydrogens (tertiary/aromatic N) is 2. The third kappa shape index (κ3) is 2.92. The normalized spacial score (nSPS) is 10.6. The molecule has 0 amide bonds. The number of methoxy groups -OCH3 is 1. The number of ether oxygens (including phenoxy) is 1. The summed E-state index contributed by atoms with van der Waals surface area (Å²) in [7, 11) is 3.63. The molecule has 1 aromatic carbocycles. The molecule has 19 heavy (non-hydrogen) atoms. The highest BCUT2D eigenvalue weighted by atomic mass is 79.9. The molecule has 0 fully saturated rings. The van der Waals surface area contributed by atoms with Crippen molar-refractivity contribution in [2.45, 2.75) is 20.4 Å². The fourth-order valence-electron chi connectivity index (χ4n) is 2.01. The molecular weight excluding hydrogens is 306 g/mol. The fourth-order valence-corrected chi connectivity index (χ4v) is 2.49. The molecular formula is C14H18BrN3O. The van der Waals surface area contributed by atoms with Crippen LogP contribution in [-0.4, -0.2) is 16.9 Å².